The highest BCUT2D eigenvalue weighted by Crippen LogP contribution is 2.33. The van der Waals surface area contributed by atoms with Crippen LogP contribution in [0.2, 0.25) is 0 Å². The predicted molar refractivity (Wildman–Crippen MR) is 91.9 cm³/mol. The predicted octanol–water partition coefficient (Wildman–Crippen LogP) is 3.01. The van der Waals surface area contributed by atoms with Crippen molar-refractivity contribution in [2.24, 2.45) is 5.92 Å². The van der Waals surface area contributed by atoms with Gasteiger partial charge in [-0.3, -0.25) is 0 Å². The second kappa shape index (κ2) is 7.57. The molecule has 7 heteroatoms. The van der Waals surface area contributed by atoms with Crippen molar-refractivity contribution in [3.8, 4) is 17.1 Å². The van der Waals surface area contributed by atoms with Crippen LogP contribution in [0.5, 0.6) is 5.75 Å². The number of aliphatic hydroxyl groups is 1. The molecule has 2 atom stereocenters. The van der Waals surface area contributed by atoms with Crippen LogP contribution < -0.4 is 10.1 Å². The zero-order chi connectivity index (χ0) is 17.8. The Labute approximate surface area is 145 Å². The van der Waals surface area contributed by atoms with E-state index in [1.54, 1.807) is 31.4 Å². The minimum atomic E-state index is -1.09. The Hall–Kier alpha value is -2.54. The number of anilines is 1. The van der Waals surface area contributed by atoms with Gasteiger partial charge in [0.15, 0.2) is 17.1 Å². The topological polar surface area (TPSA) is 105 Å². The standard InChI is InChI=1S/C18H22N2O5/c1-24-14-7-5-12(6-8-14)16-15(18(22)23)17(20-25-16)19-13-4-2-3-11(9-13)10-21/h5-8,11,13,21H,2-4,9-10H2,1H3,(H,19,20)(H,22,23)/t11-,13-/m1/s1. The van der Waals surface area contributed by atoms with Crippen LogP contribution in [0.4, 0.5) is 5.82 Å². The maximum absolute atomic E-state index is 11.8. The Kier molecular flexibility index (Phi) is 5.23. The van der Waals surface area contributed by atoms with Crippen molar-refractivity contribution in [3.63, 3.8) is 0 Å². The molecule has 1 aliphatic rings. The zero-order valence-electron chi connectivity index (χ0n) is 14.1. The molecule has 1 aromatic heterocycles. The van der Waals surface area contributed by atoms with Gasteiger partial charge >= 0.3 is 5.97 Å². The van der Waals surface area contributed by atoms with E-state index in [4.69, 9.17) is 9.26 Å². The molecule has 3 N–H and O–H groups in total. The monoisotopic (exact) mass is 346 g/mol. The van der Waals surface area contributed by atoms with Crippen molar-refractivity contribution in [1.29, 1.82) is 0 Å². The highest BCUT2D eigenvalue weighted by molar-refractivity contribution is 5.99. The number of carbonyl (C=O) groups is 1. The molecule has 0 bridgehead atoms. The lowest BCUT2D eigenvalue weighted by Crippen LogP contribution is -2.29. The van der Waals surface area contributed by atoms with E-state index < -0.39 is 5.97 Å². The Morgan fingerprint density at radius 2 is 2.12 bits per heavy atom. The van der Waals surface area contributed by atoms with E-state index in [2.05, 4.69) is 10.5 Å². The van der Waals surface area contributed by atoms with E-state index in [0.29, 0.717) is 11.3 Å². The normalized spacial score (nSPS) is 20.2. The van der Waals surface area contributed by atoms with Gasteiger partial charge in [0, 0.05) is 18.2 Å². The van der Waals surface area contributed by atoms with Gasteiger partial charge in [-0.2, -0.15) is 0 Å². The lowest BCUT2D eigenvalue weighted by Gasteiger charge is -2.28. The second-order valence-corrected chi connectivity index (χ2v) is 6.33. The van der Waals surface area contributed by atoms with E-state index in [0.717, 1.165) is 25.7 Å². The van der Waals surface area contributed by atoms with E-state index >= 15 is 0 Å². The highest BCUT2D eigenvalue weighted by atomic mass is 16.5. The van der Waals surface area contributed by atoms with Crippen LogP contribution in [0.3, 0.4) is 0 Å². The fourth-order valence-electron chi connectivity index (χ4n) is 3.31. The number of hydrogen-bond donors (Lipinski definition) is 3. The number of rotatable bonds is 6. The number of aromatic carboxylic acids is 1. The largest absolute Gasteiger partial charge is 0.497 e. The van der Waals surface area contributed by atoms with Crippen molar-refractivity contribution in [3.05, 3.63) is 29.8 Å². The SMILES string of the molecule is COc1ccc(-c2onc(N[C@@H]3CCC[C@@H](CO)C3)c2C(=O)O)cc1. The molecule has 1 heterocycles. The molecule has 1 saturated carbocycles. The second-order valence-electron chi connectivity index (χ2n) is 6.33. The quantitative estimate of drug-likeness (QED) is 0.738. The fourth-order valence-corrected chi connectivity index (χ4v) is 3.31. The molecule has 0 spiro atoms. The average molecular weight is 346 g/mol. The summed E-state index contributed by atoms with van der Waals surface area (Å²) in [6.07, 6.45) is 3.70. The van der Waals surface area contributed by atoms with Gasteiger partial charge in [-0.25, -0.2) is 4.79 Å². The Morgan fingerprint density at radius 3 is 2.76 bits per heavy atom. The van der Waals surface area contributed by atoms with Crippen molar-refractivity contribution in [2.45, 2.75) is 31.7 Å². The summed E-state index contributed by atoms with van der Waals surface area (Å²) in [6, 6.07) is 7.03. The van der Waals surface area contributed by atoms with E-state index in [1.165, 1.54) is 0 Å². The van der Waals surface area contributed by atoms with Gasteiger partial charge < -0.3 is 24.8 Å². The number of nitrogens with one attached hydrogen (secondary N) is 1. The Morgan fingerprint density at radius 1 is 1.36 bits per heavy atom. The number of carboxylic acids is 1. The molecule has 1 aromatic carbocycles. The van der Waals surface area contributed by atoms with Crippen LogP contribution in [0.25, 0.3) is 11.3 Å². The molecule has 0 saturated heterocycles. The molecule has 0 radical (unpaired) electrons. The van der Waals surface area contributed by atoms with Gasteiger partial charge in [0.25, 0.3) is 0 Å². The van der Waals surface area contributed by atoms with Gasteiger partial charge in [0.2, 0.25) is 0 Å². The summed E-state index contributed by atoms with van der Waals surface area (Å²) in [6.45, 7) is 0.153. The number of benzene rings is 1. The minimum absolute atomic E-state index is 0.0243. The minimum Gasteiger partial charge on any atom is -0.497 e. The molecule has 134 valence electrons. The molecule has 7 nitrogen and oxygen atoms in total. The number of hydrogen-bond acceptors (Lipinski definition) is 6. The summed E-state index contributed by atoms with van der Waals surface area (Å²) in [5.41, 5.74) is 0.645. The molecule has 0 unspecified atom stereocenters. The third kappa shape index (κ3) is 3.76. The highest BCUT2D eigenvalue weighted by Gasteiger charge is 2.28. The number of methoxy groups -OCH3 is 1. The summed E-state index contributed by atoms with van der Waals surface area (Å²) >= 11 is 0. The van der Waals surface area contributed by atoms with Crippen molar-refractivity contribution < 1.29 is 24.3 Å². The third-order valence-corrected chi connectivity index (χ3v) is 4.64. The third-order valence-electron chi connectivity index (χ3n) is 4.64. The number of nitrogens with zero attached hydrogens (tertiary/aromatic N) is 1. The first-order chi connectivity index (χ1) is 12.1. The van der Waals surface area contributed by atoms with E-state index in [1.807, 2.05) is 0 Å². The molecular formula is C18H22N2O5. The van der Waals surface area contributed by atoms with Gasteiger partial charge in [0.05, 0.1) is 7.11 Å². The maximum Gasteiger partial charge on any atom is 0.343 e. The van der Waals surface area contributed by atoms with Crippen LogP contribution in [0, 0.1) is 5.92 Å². The van der Waals surface area contributed by atoms with Crippen molar-refractivity contribution in [1.82, 2.24) is 5.16 Å². The molecule has 0 amide bonds. The number of aliphatic hydroxyl groups excluding tert-OH is 1. The lowest BCUT2D eigenvalue weighted by molar-refractivity contribution is 0.0698. The van der Waals surface area contributed by atoms with Crippen LogP contribution in [-0.4, -0.2) is 41.1 Å². The Bertz CT molecular complexity index is 726. The fraction of sp³-hybridized carbons (Fsp3) is 0.444. The van der Waals surface area contributed by atoms with Crippen molar-refractivity contribution in [2.75, 3.05) is 19.0 Å². The van der Waals surface area contributed by atoms with Gasteiger partial charge in [-0.05, 0) is 49.4 Å². The first-order valence-electron chi connectivity index (χ1n) is 8.37. The molecule has 2 aromatic rings. The molecular weight excluding hydrogens is 324 g/mol. The van der Waals surface area contributed by atoms with Crippen molar-refractivity contribution >= 4 is 11.8 Å². The van der Waals surface area contributed by atoms with Gasteiger partial charge in [-0.1, -0.05) is 11.6 Å². The van der Waals surface area contributed by atoms with Gasteiger partial charge in [0.1, 0.15) is 5.75 Å². The van der Waals surface area contributed by atoms with E-state index in [-0.39, 0.29) is 35.7 Å². The van der Waals surface area contributed by atoms with E-state index in [9.17, 15) is 15.0 Å². The molecule has 3 rings (SSSR count). The first kappa shape index (κ1) is 17.3. The summed E-state index contributed by atoms with van der Waals surface area (Å²) in [4.78, 5) is 11.8. The summed E-state index contributed by atoms with van der Waals surface area (Å²) < 4.78 is 10.4. The molecule has 0 aliphatic heterocycles. The Balaban J connectivity index is 1.85. The average Bonchev–Trinajstić information content (AvgIpc) is 3.05. The molecule has 1 fully saturated rings. The number of ether oxygens (including phenoxy) is 1. The first-order valence-corrected chi connectivity index (χ1v) is 8.37. The zero-order valence-corrected chi connectivity index (χ0v) is 14.1. The summed E-state index contributed by atoms with van der Waals surface area (Å²) in [5, 5.41) is 26.1. The van der Waals surface area contributed by atoms with Gasteiger partial charge in [-0.15, -0.1) is 0 Å². The number of aromatic nitrogens is 1. The van der Waals surface area contributed by atoms with Crippen LogP contribution in [0.15, 0.2) is 28.8 Å². The smallest absolute Gasteiger partial charge is 0.343 e. The summed E-state index contributed by atoms with van der Waals surface area (Å²) in [7, 11) is 1.57. The van der Waals surface area contributed by atoms with Crippen LogP contribution in [0.1, 0.15) is 36.0 Å². The van der Waals surface area contributed by atoms with Crippen LogP contribution in [-0.2, 0) is 0 Å². The number of carboxylic acid groups (broad SMARTS) is 1. The summed E-state index contributed by atoms with van der Waals surface area (Å²) in [5.74, 6) is 0.279. The lowest BCUT2D eigenvalue weighted by atomic mass is 9.86. The maximum atomic E-state index is 11.8. The molecule has 1 aliphatic carbocycles. The molecule has 25 heavy (non-hydrogen) atoms. The van der Waals surface area contributed by atoms with Crippen LogP contribution >= 0.6 is 0 Å².